The lowest BCUT2D eigenvalue weighted by Crippen LogP contribution is -2.54. The molecule has 1 aromatic carbocycles. The summed E-state index contributed by atoms with van der Waals surface area (Å²) in [7, 11) is 2.84. The molecule has 1 rings (SSSR count). The Morgan fingerprint density at radius 3 is 1.71 bits per heavy atom. The minimum absolute atomic E-state index is 0.0226. The van der Waals surface area contributed by atoms with E-state index in [1.165, 1.54) is 46.8 Å². The number of nitrogens with zero attached hydrogens (tertiary/aromatic N) is 6. The van der Waals surface area contributed by atoms with Crippen LogP contribution in [0.4, 0.5) is 0 Å². The van der Waals surface area contributed by atoms with E-state index < -0.39 is 92.8 Å². The zero-order valence-corrected chi connectivity index (χ0v) is 37.3. The van der Waals surface area contributed by atoms with Crippen LogP contribution in [0.2, 0.25) is 0 Å². The fourth-order valence-corrected chi connectivity index (χ4v) is 6.03. The summed E-state index contributed by atoms with van der Waals surface area (Å²) in [5, 5.41) is 14.7. The summed E-state index contributed by atoms with van der Waals surface area (Å²) in [4.78, 5) is 114. The van der Waals surface area contributed by atoms with Crippen LogP contribution in [0.1, 0.15) is 52.6 Å². The summed E-state index contributed by atoms with van der Waals surface area (Å²) in [5.41, 5.74) is 0.821. The maximum Gasteiger partial charge on any atom is 0.245 e. The molecule has 19 heteroatoms. The van der Waals surface area contributed by atoms with Crippen molar-refractivity contribution in [3.8, 4) is 12.3 Å². The van der Waals surface area contributed by atoms with E-state index in [-0.39, 0.29) is 64.4 Å². The Balaban J connectivity index is 3.19. The van der Waals surface area contributed by atoms with Gasteiger partial charge in [-0.3, -0.25) is 38.4 Å². The van der Waals surface area contributed by atoms with Gasteiger partial charge in [0.15, 0.2) is 0 Å². The fourth-order valence-electron chi connectivity index (χ4n) is 6.03. The van der Waals surface area contributed by atoms with Gasteiger partial charge in [-0.2, -0.15) is 0 Å². The highest BCUT2D eigenvalue weighted by Crippen LogP contribution is 2.20. The Bertz CT molecular complexity index is 1690. The van der Waals surface area contributed by atoms with Gasteiger partial charge in [-0.15, -0.1) is 13.0 Å². The highest BCUT2D eigenvalue weighted by Gasteiger charge is 2.30. The summed E-state index contributed by atoms with van der Waals surface area (Å²) < 4.78 is 10.3. The Kier molecular flexibility index (Phi) is 25.7. The largest absolute Gasteiger partial charge is 0.394 e. The van der Waals surface area contributed by atoms with Crippen molar-refractivity contribution in [2.75, 3.05) is 106 Å². The lowest BCUT2D eigenvalue weighted by molar-refractivity contribution is -0.148. The predicted molar refractivity (Wildman–Crippen MR) is 231 cm³/mol. The summed E-state index contributed by atoms with van der Waals surface area (Å²) in [6.45, 7) is 8.36. The molecule has 0 radical (unpaired) electrons. The van der Waals surface area contributed by atoms with Gasteiger partial charge in [0.05, 0.1) is 52.0 Å². The fraction of sp³-hybridized carbons (Fsp3) is 0.581. The third kappa shape index (κ3) is 19.3. The van der Waals surface area contributed by atoms with Gasteiger partial charge in [0.1, 0.15) is 25.7 Å². The van der Waals surface area contributed by atoms with Crippen LogP contribution >= 0.6 is 0 Å². The number of terminal acetylenes is 1. The van der Waals surface area contributed by atoms with Crippen LogP contribution in [-0.2, 0) is 47.8 Å². The molecule has 0 saturated carbocycles. The molecule has 19 nitrogen and oxygen atoms in total. The van der Waals surface area contributed by atoms with E-state index in [2.05, 4.69) is 23.1 Å². The Morgan fingerprint density at radius 2 is 1.23 bits per heavy atom. The first kappa shape index (κ1) is 54.2. The number of nitrogens with one attached hydrogen (secondary N) is 2. The van der Waals surface area contributed by atoms with Gasteiger partial charge in [-0.25, -0.2) is 0 Å². The highest BCUT2D eigenvalue weighted by atomic mass is 16.5. The van der Waals surface area contributed by atoms with E-state index in [9.17, 15) is 43.5 Å². The summed E-state index contributed by atoms with van der Waals surface area (Å²) in [6, 6.07) is 7.24. The smallest absolute Gasteiger partial charge is 0.245 e. The van der Waals surface area contributed by atoms with Crippen molar-refractivity contribution >= 4 is 47.3 Å². The summed E-state index contributed by atoms with van der Waals surface area (Å²) >= 11 is 0. The summed E-state index contributed by atoms with van der Waals surface area (Å²) in [6.07, 6.45) is 7.41. The van der Waals surface area contributed by atoms with Crippen molar-refractivity contribution in [3.05, 3.63) is 48.6 Å². The number of hydrogen-bond donors (Lipinski definition) is 3. The Morgan fingerprint density at radius 1 is 0.742 bits per heavy atom. The number of aliphatic hydroxyl groups is 1. The number of aliphatic hydroxyl groups excluding tert-OH is 1. The molecule has 0 aliphatic rings. The van der Waals surface area contributed by atoms with Crippen molar-refractivity contribution in [1.82, 2.24) is 40.0 Å². The lowest BCUT2D eigenvalue weighted by atomic mass is 10.1. The molecule has 0 fully saturated rings. The maximum atomic E-state index is 13.8. The molecule has 1 aromatic rings. The van der Waals surface area contributed by atoms with Gasteiger partial charge in [0, 0.05) is 53.4 Å². The monoisotopic (exact) mass is 870 g/mol. The zero-order valence-electron chi connectivity index (χ0n) is 37.3. The quantitative estimate of drug-likeness (QED) is 0.0673. The molecule has 62 heavy (non-hydrogen) atoms. The average molecular weight is 871 g/mol. The van der Waals surface area contributed by atoms with Crippen molar-refractivity contribution in [3.63, 3.8) is 0 Å². The second-order valence-electron chi connectivity index (χ2n) is 14.6. The molecule has 0 heterocycles. The SMILES string of the molecule is C#CCN(CC(=O)N(CCOC)CC(=O)N[C@@H](CO)C(=O)NC(C)C)C(=O)CN(CCC)C(=O)CN(CC=C)C(=O)CN(CCOC)C(=O)CN(C(C)=O)[C@@H](C)c1ccccc1. The predicted octanol–water partition coefficient (Wildman–Crippen LogP) is -0.737. The van der Waals surface area contributed by atoms with Gasteiger partial charge in [0.2, 0.25) is 47.3 Å². The van der Waals surface area contributed by atoms with Gasteiger partial charge in [0.25, 0.3) is 0 Å². The van der Waals surface area contributed by atoms with Crippen LogP contribution in [0.25, 0.3) is 0 Å². The van der Waals surface area contributed by atoms with E-state index in [0.717, 1.165) is 15.4 Å². The molecule has 0 saturated heterocycles. The van der Waals surface area contributed by atoms with Crippen LogP contribution in [0.15, 0.2) is 43.0 Å². The second-order valence-corrected chi connectivity index (χ2v) is 14.6. The van der Waals surface area contributed by atoms with Gasteiger partial charge < -0.3 is 54.6 Å². The van der Waals surface area contributed by atoms with E-state index in [1.807, 2.05) is 30.3 Å². The van der Waals surface area contributed by atoms with E-state index in [4.69, 9.17) is 15.9 Å². The normalized spacial score (nSPS) is 11.6. The minimum Gasteiger partial charge on any atom is -0.394 e. The number of ether oxygens (including phenoxy) is 2. The molecule has 344 valence electrons. The third-order valence-corrected chi connectivity index (χ3v) is 9.38. The van der Waals surface area contributed by atoms with Crippen molar-refractivity contribution in [2.45, 2.75) is 59.2 Å². The first-order valence-electron chi connectivity index (χ1n) is 20.4. The van der Waals surface area contributed by atoms with Crippen LogP contribution < -0.4 is 10.6 Å². The Hall–Kier alpha value is -5.84. The van der Waals surface area contributed by atoms with Gasteiger partial charge in [-0.1, -0.05) is 49.3 Å². The van der Waals surface area contributed by atoms with Crippen molar-refractivity contribution in [1.29, 1.82) is 0 Å². The molecule has 0 unspecified atom stereocenters. The molecular formula is C43H66N8O11. The first-order chi connectivity index (χ1) is 29.5. The van der Waals surface area contributed by atoms with Crippen LogP contribution in [0.5, 0.6) is 0 Å². The molecule has 0 bridgehead atoms. The number of methoxy groups -OCH3 is 2. The van der Waals surface area contributed by atoms with E-state index in [1.54, 1.807) is 27.7 Å². The van der Waals surface area contributed by atoms with Crippen LogP contribution in [0.3, 0.4) is 0 Å². The number of hydrogen-bond acceptors (Lipinski definition) is 11. The molecule has 0 aliphatic heterocycles. The van der Waals surface area contributed by atoms with Crippen LogP contribution in [0, 0.1) is 12.3 Å². The maximum absolute atomic E-state index is 13.8. The van der Waals surface area contributed by atoms with Gasteiger partial charge >= 0.3 is 0 Å². The zero-order chi connectivity index (χ0) is 46.8. The molecule has 0 aliphatic carbocycles. The number of benzene rings is 1. The molecule has 0 spiro atoms. The topological polar surface area (TPSA) is 219 Å². The number of carbonyl (C=O) groups is 8. The van der Waals surface area contributed by atoms with E-state index in [0.29, 0.717) is 6.42 Å². The average Bonchev–Trinajstić information content (AvgIpc) is 3.23. The molecule has 0 aromatic heterocycles. The lowest BCUT2D eigenvalue weighted by Gasteiger charge is -2.32. The van der Waals surface area contributed by atoms with E-state index >= 15 is 0 Å². The molecule has 3 N–H and O–H groups in total. The van der Waals surface area contributed by atoms with Gasteiger partial charge in [-0.05, 0) is 32.8 Å². The van der Waals surface area contributed by atoms with Crippen molar-refractivity contribution < 1.29 is 52.9 Å². The number of carbonyl (C=O) groups excluding carboxylic acids is 8. The second kappa shape index (κ2) is 29.4. The van der Waals surface area contributed by atoms with Crippen LogP contribution in [-0.4, -0.2) is 200 Å². The Labute approximate surface area is 365 Å². The number of rotatable bonds is 29. The summed E-state index contributed by atoms with van der Waals surface area (Å²) in [5.74, 6) is -2.43. The third-order valence-electron chi connectivity index (χ3n) is 9.38. The number of amides is 8. The molecule has 2 atom stereocenters. The molecule has 8 amide bonds. The molecular weight excluding hydrogens is 805 g/mol. The first-order valence-corrected chi connectivity index (χ1v) is 20.4. The van der Waals surface area contributed by atoms with Crippen molar-refractivity contribution in [2.24, 2.45) is 0 Å². The standard InChI is InChI=1S/C43H66N8O11/c1-10-18-46(26-39(56)48(20-12-3)28-41(58)49(21-23-61-8)25-37(54)45-36(31-52)43(60)44-32(4)5)38(55)27-47(19-11-2)40(57)29-50(22-24-62-9)42(59)30-51(34(7)53)33(6)35-16-14-13-15-17-35/h3,11,13-17,32-33,36,52H,2,10,18-31H2,1,4-9H3,(H,44,60)(H,45,54)/t33-,36-/m0/s1. The highest BCUT2D eigenvalue weighted by molar-refractivity contribution is 5.93. The minimum atomic E-state index is -1.27.